The van der Waals surface area contributed by atoms with E-state index >= 15 is 0 Å². The highest BCUT2D eigenvalue weighted by molar-refractivity contribution is 7.61. The lowest BCUT2D eigenvalue weighted by atomic mass is 10.4. The molecule has 2 aromatic rings. The first-order valence-corrected chi connectivity index (χ1v) is 16.0. The standard InChI is InChI=1S/C18H26OPSi2/c1-21(2,3)17-11-7-15(8-12-17)20(19)16-9-13-18(14-10-16)22(4,5)6/h7-14H,1-6H3/q+1. The third kappa shape index (κ3) is 4.04. The lowest BCUT2D eigenvalue weighted by molar-refractivity contribution is 0.598. The molecule has 0 atom stereocenters. The molecule has 0 amide bonds. The molecule has 0 aliphatic heterocycles. The smallest absolute Gasteiger partial charge is 0.0656 e. The molecule has 4 heteroatoms. The largest absolute Gasteiger partial charge is 0.415 e. The molecule has 0 heterocycles. The van der Waals surface area contributed by atoms with Crippen molar-refractivity contribution in [3.8, 4) is 0 Å². The Morgan fingerprint density at radius 3 is 1.09 bits per heavy atom. The highest BCUT2D eigenvalue weighted by Gasteiger charge is 2.26. The van der Waals surface area contributed by atoms with Gasteiger partial charge in [-0.2, -0.15) is 0 Å². The lowest BCUT2D eigenvalue weighted by Crippen LogP contribution is -2.38. The Labute approximate surface area is 137 Å². The van der Waals surface area contributed by atoms with Crippen LogP contribution >= 0.6 is 7.80 Å². The Kier molecular flexibility index (Phi) is 4.91. The van der Waals surface area contributed by atoms with Crippen molar-refractivity contribution in [2.45, 2.75) is 39.3 Å². The Morgan fingerprint density at radius 1 is 0.591 bits per heavy atom. The molecule has 2 rings (SSSR count). The maximum absolute atomic E-state index is 12.7. The monoisotopic (exact) mass is 345 g/mol. The van der Waals surface area contributed by atoms with Gasteiger partial charge in [-0.05, 0) is 24.3 Å². The van der Waals surface area contributed by atoms with Crippen LogP contribution in [0.5, 0.6) is 0 Å². The third-order valence-electron chi connectivity index (χ3n) is 3.94. The molecule has 0 N–H and O–H groups in total. The van der Waals surface area contributed by atoms with Crippen molar-refractivity contribution in [1.82, 2.24) is 0 Å². The van der Waals surface area contributed by atoms with Gasteiger partial charge < -0.3 is 0 Å². The van der Waals surface area contributed by atoms with Gasteiger partial charge in [0.05, 0.1) is 16.1 Å². The van der Waals surface area contributed by atoms with Crippen molar-refractivity contribution in [2.24, 2.45) is 0 Å². The summed E-state index contributed by atoms with van der Waals surface area (Å²) in [5.74, 6) is 0. The fraction of sp³-hybridized carbons (Fsp3) is 0.333. The van der Waals surface area contributed by atoms with Crippen molar-refractivity contribution in [1.29, 1.82) is 0 Å². The predicted octanol–water partition coefficient (Wildman–Crippen LogP) is 3.56. The van der Waals surface area contributed by atoms with Gasteiger partial charge in [-0.1, -0.05) is 78.5 Å². The van der Waals surface area contributed by atoms with Crippen LogP contribution in [-0.2, 0) is 4.57 Å². The molecule has 0 unspecified atom stereocenters. The van der Waals surface area contributed by atoms with E-state index in [2.05, 4.69) is 63.5 Å². The Hall–Kier alpha value is -1.03. The van der Waals surface area contributed by atoms with Crippen molar-refractivity contribution in [3.63, 3.8) is 0 Å². The molecular weight excluding hydrogens is 319 g/mol. The Balaban J connectivity index is 2.25. The van der Waals surface area contributed by atoms with E-state index in [0.29, 0.717) is 0 Å². The van der Waals surface area contributed by atoms with E-state index in [1.165, 1.54) is 10.4 Å². The van der Waals surface area contributed by atoms with Crippen LogP contribution in [0.2, 0.25) is 39.3 Å². The molecule has 0 bridgehead atoms. The van der Waals surface area contributed by atoms with Gasteiger partial charge in [0.25, 0.3) is 0 Å². The van der Waals surface area contributed by atoms with Crippen molar-refractivity contribution < 1.29 is 4.57 Å². The van der Waals surface area contributed by atoms with Crippen LogP contribution < -0.4 is 21.0 Å². The summed E-state index contributed by atoms with van der Waals surface area (Å²) in [6.45, 7) is 14.0. The average molecular weight is 346 g/mol. The summed E-state index contributed by atoms with van der Waals surface area (Å²) < 4.78 is 12.7. The zero-order chi connectivity index (χ0) is 16.5. The van der Waals surface area contributed by atoms with Gasteiger partial charge in [-0.3, -0.25) is 0 Å². The molecule has 116 valence electrons. The van der Waals surface area contributed by atoms with E-state index in [0.717, 1.165) is 10.6 Å². The topological polar surface area (TPSA) is 17.1 Å². The van der Waals surface area contributed by atoms with Crippen LogP contribution in [0.4, 0.5) is 0 Å². The normalized spacial score (nSPS) is 12.3. The fourth-order valence-electron chi connectivity index (χ4n) is 2.34. The first-order valence-electron chi connectivity index (χ1n) is 7.77. The van der Waals surface area contributed by atoms with Gasteiger partial charge in [0.1, 0.15) is 0 Å². The van der Waals surface area contributed by atoms with E-state index in [1.807, 2.05) is 24.3 Å². The molecule has 0 aliphatic rings. The summed E-state index contributed by atoms with van der Waals surface area (Å²) >= 11 is 0. The number of hydrogen-bond donors (Lipinski definition) is 0. The zero-order valence-corrected chi connectivity index (χ0v) is 17.4. The number of hydrogen-bond acceptors (Lipinski definition) is 1. The van der Waals surface area contributed by atoms with E-state index < -0.39 is 23.9 Å². The number of rotatable bonds is 4. The molecular formula is C18H26OPSi2+. The van der Waals surface area contributed by atoms with Gasteiger partial charge in [0.15, 0.2) is 10.6 Å². The second-order valence-electron chi connectivity index (χ2n) is 7.89. The van der Waals surface area contributed by atoms with Gasteiger partial charge in [0, 0.05) is 0 Å². The van der Waals surface area contributed by atoms with E-state index in [-0.39, 0.29) is 0 Å². The highest BCUT2D eigenvalue weighted by Crippen LogP contribution is 2.19. The fourth-order valence-corrected chi connectivity index (χ4v) is 5.81. The second kappa shape index (κ2) is 6.23. The minimum Gasteiger partial charge on any atom is -0.0656 e. The summed E-state index contributed by atoms with van der Waals surface area (Å²) in [6.07, 6.45) is 0. The summed E-state index contributed by atoms with van der Waals surface area (Å²) in [5, 5.41) is 4.68. The molecule has 0 spiro atoms. The third-order valence-corrected chi connectivity index (χ3v) is 9.60. The SMILES string of the molecule is C[Si](C)(C)c1ccc([P+](=O)c2ccc([Si](C)(C)C)cc2)cc1. The highest BCUT2D eigenvalue weighted by atomic mass is 31.1. The number of benzene rings is 2. The van der Waals surface area contributed by atoms with E-state index in [1.54, 1.807) is 0 Å². The van der Waals surface area contributed by atoms with Crippen molar-refractivity contribution in [2.75, 3.05) is 0 Å². The Bertz CT molecular complexity index is 603. The van der Waals surface area contributed by atoms with E-state index in [9.17, 15) is 4.57 Å². The van der Waals surface area contributed by atoms with Crippen LogP contribution in [0.15, 0.2) is 48.5 Å². The lowest BCUT2D eigenvalue weighted by Gasteiger charge is -2.16. The van der Waals surface area contributed by atoms with Gasteiger partial charge in [0.2, 0.25) is 0 Å². The average Bonchev–Trinajstić information content (AvgIpc) is 2.45. The van der Waals surface area contributed by atoms with E-state index in [4.69, 9.17) is 0 Å². The molecule has 2 aromatic carbocycles. The molecule has 0 saturated carbocycles. The summed E-state index contributed by atoms with van der Waals surface area (Å²) in [4.78, 5) is 0. The van der Waals surface area contributed by atoms with Gasteiger partial charge in [-0.25, -0.2) is 0 Å². The summed E-state index contributed by atoms with van der Waals surface area (Å²) in [5.41, 5.74) is 0. The second-order valence-corrected chi connectivity index (χ2v) is 19.7. The van der Waals surface area contributed by atoms with Crippen LogP contribution in [-0.4, -0.2) is 16.1 Å². The molecule has 22 heavy (non-hydrogen) atoms. The minimum atomic E-state index is -1.49. The Morgan fingerprint density at radius 2 is 0.864 bits per heavy atom. The molecule has 0 aliphatic carbocycles. The van der Waals surface area contributed by atoms with Crippen molar-refractivity contribution >= 4 is 44.9 Å². The summed E-state index contributed by atoms with van der Waals surface area (Å²) in [7, 11) is -4.06. The molecule has 0 fully saturated rings. The molecule has 1 nitrogen and oxygen atoms in total. The van der Waals surface area contributed by atoms with Crippen molar-refractivity contribution in [3.05, 3.63) is 48.5 Å². The van der Waals surface area contributed by atoms with Crippen LogP contribution in [0.25, 0.3) is 0 Å². The zero-order valence-electron chi connectivity index (χ0n) is 14.5. The molecule has 0 radical (unpaired) electrons. The van der Waals surface area contributed by atoms with Crippen LogP contribution in [0.3, 0.4) is 0 Å². The minimum absolute atomic E-state index is 0.928. The maximum Gasteiger partial charge on any atom is 0.415 e. The maximum atomic E-state index is 12.7. The quantitative estimate of drug-likeness (QED) is 0.612. The molecule has 0 saturated heterocycles. The first-order chi connectivity index (χ1) is 10.1. The first kappa shape index (κ1) is 17.3. The van der Waals surface area contributed by atoms with Crippen LogP contribution in [0.1, 0.15) is 0 Å². The van der Waals surface area contributed by atoms with Gasteiger partial charge in [-0.15, -0.1) is 0 Å². The van der Waals surface area contributed by atoms with Gasteiger partial charge >= 0.3 is 7.80 Å². The van der Waals surface area contributed by atoms with Crippen LogP contribution in [0, 0.1) is 0 Å². The predicted molar refractivity (Wildman–Crippen MR) is 106 cm³/mol. The molecule has 0 aromatic heterocycles. The summed E-state index contributed by atoms with van der Waals surface area (Å²) in [6, 6.07) is 16.8.